The van der Waals surface area contributed by atoms with Crippen LogP contribution in [0, 0.1) is 0 Å². The molecule has 5 aromatic rings. The molecule has 6 nitrogen and oxygen atoms in total. The fourth-order valence-corrected chi connectivity index (χ4v) is 6.45. The van der Waals surface area contributed by atoms with Crippen LogP contribution in [0.3, 0.4) is 0 Å². The first kappa shape index (κ1) is 26.4. The molecule has 0 fully saturated rings. The standard InChI is InChI=1S/C34H37N3O3/c1-2-3-4-5-6-7-8-9-10-11-12-15-22-36-32(38)24-19-18-23-29-26(21-20-25(30(24)29)33(36)39)34(40)37-28-17-14-13-16-27(28)35-31(23)37/h13-14,16-21H,2-12,15,22H2,1H3. The Balaban J connectivity index is 1.16. The van der Waals surface area contributed by atoms with Crippen LogP contribution in [-0.2, 0) is 0 Å². The summed E-state index contributed by atoms with van der Waals surface area (Å²) in [5.74, 6) is -0.536. The van der Waals surface area contributed by atoms with Crippen LogP contribution in [0.2, 0.25) is 0 Å². The van der Waals surface area contributed by atoms with E-state index in [1.54, 1.807) is 22.6 Å². The maximum Gasteiger partial charge on any atom is 0.264 e. The van der Waals surface area contributed by atoms with Crippen molar-refractivity contribution >= 4 is 50.0 Å². The van der Waals surface area contributed by atoms with E-state index in [1.807, 2.05) is 30.3 Å². The maximum atomic E-state index is 13.6. The minimum absolute atomic E-state index is 0.182. The monoisotopic (exact) mass is 535 g/mol. The Morgan fingerprint density at radius 1 is 0.625 bits per heavy atom. The van der Waals surface area contributed by atoms with Crippen molar-refractivity contribution in [2.75, 3.05) is 6.54 Å². The second-order valence-electron chi connectivity index (χ2n) is 11.3. The molecule has 0 N–H and O–H groups in total. The molecule has 0 spiro atoms. The summed E-state index contributed by atoms with van der Waals surface area (Å²) in [7, 11) is 0. The van der Waals surface area contributed by atoms with E-state index in [0.29, 0.717) is 39.5 Å². The first-order valence-corrected chi connectivity index (χ1v) is 15.1. The van der Waals surface area contributed by atoms with E-state index in [0.717, 1.165) is 35.7 Å². The van der Waals surface area contributed by atoms with Crippen LogP contribution in [0.1, 0.15) is 105 Å². The van der Waals surface area contributed by atoms with Gasteiger partial charge in [0, 0.05) is 39.2 Å². The molecule has 2 aromatic heterocycles. The summed E-state index contributed by atoms with van der Waals surface area (Å²) < 4.78 is 1.64. The van der Waals surface area contributed by atoms with Gasteiger partial charge in [-0.05, 0) is 42.8 Å². The van der Waals surface area contributed by atoms with Crippen molar-refractivity contribution in [3.8, 4) is 0 Å². The number of benzene rings is 3. The molecule has 6 heteroatoms. The van der Waals surface area contributed by atoms with Crippen molar-refractivity contribution in [1.82, 2.24) is 14.3 Å². The van der Waals surface area contributed by atoms with Crippen molar-refractivity contribution in [1.29, 1.82) is 0 Å². The van der Waals surface area contributed by atoms with Crippen LogP contribution in [0.4, 0.5) is 0 Å². The van der Waals surface area contributed by atoms with Crippen LogP contribution in [0.5, 0.6) is 0 Å². The number of unbranched alkanes of at least 4 members (excludes halogenated alkanes) is 11. The van der Waals surface area contributed by atoms with Gasteiger partial charge in [0.2, 0.25) is 0 Å². The average Bonchev–Trinajstić information content (AvgIpc) is 3.37. The second kappa shape index (κ2) is 11.4. The molecule has 0 unspecified atom stereocenters. The highest BCUT2D eigenvalue weighted by atomic mass is 16.2. The average molecular weight is 536 g/mol. The number of hydrogen-bond donors (Lipinski definition) is 0. The van der Waals surface area contributed by atoms with Crippen LogP contribution in [-0.4, -0.2) is 32.6 Å². The number of para-hydroxylation sites is 2. The van der Waals surface area contributed by atoms with E-state index >= 15 is 0 Å². The molecule has 0 saturated heterocycles. The fraction of sp³-hybridized carbons (Fsp3) is 0.412. The van der Waals surface area contributed by atoms with Gasteiger partial charge in [-0.2, -0.15) is 0 Å². The molecular formula is C34H37N3O3. The Morgan fingerprint density at radius 2 is 1.20 bits per heavy atom. The number of imide groups is 1. The molecule has 3 heterocycles. The molecule has 0 bridgehead atoms. The molecule has 0 atom stereocenters. The number of hydrogen-bond acceptors (Lipinski definition) is 4. The number of imidazole rings is 1. The van der Waals surface area contributed by atoms with E-state index in [1.165, 1.54) is 62.7 Å². The van der Waals surface area contributed by atoms with Crippen molar-refractivity contribution in [3.05, 3.63) is 70.0 Å². The van der Waals surface area contributed by atoms with Gasteiger partial charge >= 0.3 is 0 Å². The lowest BCUT2D eigenvalue weighted by atomic mass is 9.90. The minimum Gasteiger partial charge on any atom is -0.274 e. The number of nitrogens with zero attached hydrogens (tertiary/aromatic N) is 3. The van der Waals surface area contributed by atoms with Crippen LogP contribution < -0.4 is 5.56 Å². The molecule has 0 radical (unpaired) electrons. The summed E-state index contributed by atoms with van der Waals surface area (Å²) in [6, 6.07) is 14.7. The minimum atomic E-state index is -0.268. The smallest absolute Gasteiger partial charge is 0.264 e. The highest BCUT2D eigenvalue weighted by Crippen LogP contribution is 2.37. The summed E-state index contributed by atoms with van der Waals surface area (Å²) in [4.78, 5) is 46.8. The molecule has 1 aliphatic rings. The van der Waals surface area contributed by atoms with Gasteiger partial charge in [0.15, 0.2) is 0 Å². The summed E-state index contributed by atoms with van der Waals surface area (Å²) in [6.45, 7) is 2.68. The van der Waals surface area contributed by atoms with E-state index in [-0.39, 0.29) is 17.4 Å². The van der Waals surface area contributed by atoms with Crippen LogP contribution in [0.15, 0.2) is 53.3 Å². The normalized spacial score (nSPS) is 13.6. The third-order valence-corrected chi connectivity index (χ3v) is 8.58. The lowest BCUT2D eigenvalue weighted by molar-refractivity contribution is 0.0608. The maximum absolute atomic E-state index is 13.6. The number of carbonyl (C=O) groups excluding carboxylic acids is 2. The number of pyridine rings is 1. The summed E-state index contributed by atoms with van der Waals surface area (Å²) >= 11 is 0. The zero-order valence-electron chi connectivity index (χ0n) is 23.4. The van der Waals surface area contributed by atoms with Gasteiger partial charge in [0.05, 0.1) is 11.0 Å². The topological polar surface area (TPSA) is 71.8 Å². The molecule has 0 saturated carbocycles. The third kappa shape index (κ3) is 4.53. The second-order valence-corrected chi connectivity index (χ2v) is 11.3. The first-order chi connectivity index (χ1) is 19.6. The van der Waals surface area contributed by atoms with Crippen molar-refractivity contribution < 1.29 is 9.59 Å². The molecule has 206 valence electrons. The van der Waals surface area contributed by atoms with Crippen molar-refractivity contribution in [2.45, 2.75) is 84.0 Å². The van der Waals surface area contributed by atoms with Gasteiger partial charge in [-0.3, -0.25) is 23.7 Å². The number of rotatable bonds is 13. The predicted octanol–water partition coefficient (Wildman–Crippen LogP) is 7.89. The van der Waals surface area contributed by atoms with Gasteiger partial charge < -0.3 is 0 Å². The number of amides is 2. The number of fused-ring (bicyclic) bond motifs is 4. The van der Waals surface area contributed by atoms with Crippen molar-refractivity contribution in [3.63, 3.8) is 0 Å². The van der Waals surface area contributed by atoms with E-state index < -0.39 is 0 Å². The van der Waals surface area contributed by atoms with Gasteiger partial charge in [0.25, 0.3) is 17.4 Å². The molecule has 3 aromatic carbocycles. The zero-order chi connectivity index (χ0) is 27.6. The summed E-state index contributed by atoms with van der Waals surface area (Å²) in [6.07, 6.45) is 14.8. The zero-order valence-corrected chi connectivity index (χ0v) is 23.4. The highest BCUT2D eigenvalue weighted by Gasteiger charge is 2.34. The molecule has 6 rings (SSSR count). The molecule has 1 aliphatic heterocycles. The van der Waals surface area contributed by atoms with Gasteiger partial charge in [-0.25, -0.2) is 4.98 Å². The Morgan fingerprint density at radius 3 is 1.85 bits per heavy atom. The SMILES string of the molecule is CCCCCCCCCCCCCCN1C(=O)c2ccc3c(=O)n4c5ccccc5nc4c4ccc(c2c34)C1=O. The van der Waals surface area contributed by atoms with Gasteiger partial charge in [0.1, 0.15) is 5.65 Å². The van der Waals surface area contributed by atoms with Gasteiger partial charge in [-0.15, -0.1) is 0 Å². The summed E-state index contributed by atoms with van der Waals surface area (Å²) in [5, 5.41) is 2.53. The van der Waals surface area contributed by atoms with Crippen LogP contribution in [0.25, 0.3) is 38.2 Å². The van der Waals surface area contributed by atoms with E-state index in [2.05, 4.69) is 6.92 Å². The molecule has 40 heavy (non-hydrogen) atoms. The van der Waals surface area contributed by atoms with Crippen molar-refractivity contribution in [2.24, 2.45) is 0 Å². The Kier molecular flexibility index (Phi) is 7.50. The fourth-order valence-electron chi connectivity index (χ4n) is 6.45. The Labute approximate surface area is 234 Å². The quantitative estimate of drug-likeness (QED) is 0.114. The summed E-state index contributed by atoms with van der Waals surface area (Å²) in [5.41, 5.74) is 2.85. The van der Waals surface area contributed by atoms with E-state index in [4.69, 9.17) is 4.98 Å². The lowest BCUT2D eigenvalue weighted by Crippen LogP contribution is -2.41. The number of aromatic nitrogens is 2. The largest absolute Gasteiger partial charge is 0.274 e. The molecule has 0 aliphatic carbocycles. The Hall–Kier alpha value is -3.80. The van der Waals surface area contributed by atoms with Crippen LogP contribution >= 0.6 is 0 Å². The predicted molar refractivity (Wildman–Crippen MR) is 162 cm³/mol. The third-order valence-electron chi connectivity index (χ3n) is 8.58. The molecular weight excluding hydrogens is 498 g/mol. The first-order valence-electron chi connectivity index (χ1n) is 15.1. The van der Waals surface area contributed by atoms with Gasteiger partial charge in [-0.1, -0.05) is 89.7 Å². The number of carbonyl (C=O) groups is 2. The molecule has 2 amide bonds. The Bertz CT molecular complexity index is 1750. The lowest BCUT2D eigenvalue weighted by Gasteiger charge is -2.28. The van der Waals surface area contributed by atoms with E-state index in [9.17, 15) is 14.4 Å². The highest BCUT2D eigenvalue weighted by molar-refractivity contribution is 6.31.